The van der Waals surface area contributed by atoms with Crippen molar-refractivity contribution in [2.24, 2.45) is 0 Å². The summed E-state index contributed by atoms with van der Waals surface area (Å²) in [6, 6.07) is 5.78. The fourth-order valence-corrected chi connectivity index (χ4v) is 3.25. The lowest BCUT2D eigenvalue weighted by Crippen LogP contribution is -2.28. The highest BCUT2D eigenvalue weighted by Gasteiger charge is 2.27. The molecule has 0 aliphatic carbocycles. The fraction of sp³-hybridized carbons (Fsp3) is 0.450. The van der Waals surface area contributed by atoms with Gasteiger partial charge in [0.05, 0.1) is 12.3 Å². The van der Waals surface area contributed by atoms with E-state index in [1.54, 1.807) is 7.11 Å². The Morgan fingerprint density at radius 3 is 2.74 bits per heavy atom. The fourth-order valence-electron chi connectivity index (χ4n) is 3.25. The predicted molar refractivity (Wildman–Crippen MR) is 103 cm³/mol. The van der Waals surface area contributed by atoms with Gasteiger partial charge in [-0.05, 0) is 56.4 Å². The topological polar surface area (TPSA) is 85.2 Å². The minimum atomic E-state index is -0.294. The molecule has 0 radical (unpaired) electrons. The average molecular weight is 370 g/mol. The Labute approximate surface area is 159 Å². The molecule has 0 atom stereocenters. The van der Waals surface area contributed by atoms with Crippen molar-refractivity contribution in [2.45, 2.75) is 39.7 Å². The highest BCUT2D eigenvalue weighted by molar-refractivity contribution is 6.03. The summed E-state index contributed by atoms with van der Waals surface area (Å²) in [6.07, 6.45) is 2.71. The molecule has 0 saturated carbocycles. The Morgan fingerprint density at radius 2 is 2.00 bits per heavy atom. The highest BCUT2D eigenvalue weighted by atomic mass is 16.5. The van der Waals surface area contributed by atoms with Gasteiger partial charge in [0, 0.05) is 25.9 Å². The van der Waals surface area contributed by atoms with Crippen molar-refractivity contribution in [2.75, 3.05) is 25.6 Å². The van der Waals surface area contributed by atoms with E-state index < -0.39 is 0 Å². The van der Waals surface area contributed by atoms with Gasteiger partial charge in [-0.3, -0.25) is 9.59 Å². The summed E-state index contributed by atoms with van der Waals surface area (Å²) in [5.74, 6) is -0.264. The van der Waals surface area contributed by atoms with E-state index in [4.69, 9.17) is 4.74 Å². The van der Waals surface area contributed by atoms with Gasteiger partial charge in [0.25, 0.3) is 11.8 Å². The maximum atomic E-state index is 12.8. The van der Waals surface area contributed by atoms with Crippen LogP contribution in [0.15, 0.2) is 18.2 Å². The number of imidazole rings is 1. The van der Waals surface area contributed by atoms with Crippen molar-refractivity contribution < 1.29 is 14.3 Å². The van der Waals surface area contributed by atoms with Gasteiger partial charge in [0.15, 0.2) is 5.82 Å². The molecule has 1 aromatic carbocycles. The molecule has 2 heterocycles. The summed E-state index contributed by atoms with van der Waals surface area (Å²) in [5.41, 5.74) is 4.18. The highest BCUT2D eigenvalue weighted by Crippen LogP contribution is 2.22. The zero-order valence-corrected chi connectivity index (χ0v) is 16.1. The molecule has 0 bridgehead atoms. The van der Waals surface area contributed by atoms with E-state index in [2.05, 4.69) is 15.6 Å². The van der Waals surface area contributed by atoms with Crippen molar-refractivity contribution in [3.8, 4) is 0 Å². The third-order valence-corrected chi connectivity index (χ3v) is 4.89. The van der Waals surface area contributed by atoms with E-state index in [0.717, 1.165) is 36.2 Å². The first kappa shape index (κ1) is 19.1. The second-order valence-corrected chi connectivity index (χ2v) is 6.84. The Kier molecular flexibility index (Phi) is 5.91. The second kappa shape index (κ2) is 8.35. The molecule has 7 heteroatoms. The minimum absolute atomic E-state index is 0.261. The molecule has 2 amide bonds. The largest absolute Gasteiger partial charge is 0.383 e. The van der Waals surface area contributed by atoms with Gasteiger partial charge in [-0.25, -0.2) is 4.98 Å². The van der Waals surface area contributed by atoms with Crippen LogP contribution < -0.4 is 10.6 Å². The van der Waals surface area contributed by atoms with E-state index in [9.17, 15) is 9.59 Å². The van der Waals surface area contributed by atoms with E-state index in [0.29, 0.717) is 31.2 Å². The molecule has 27 heavy (non-hydrogen) atoms. The number of carbonyl (C=O) groups excluding carboxylic acids is 2. The number of ether oxygens (including phenoxy) is 1. The maximum Gasteiger partial charge on any atom is 0.291 e. The van der Waals surface area contributed by atoms with Gasteiger partial charge in [-0.2, -0.15) is 0 Å². The number of benzene rings is 1. The summed E-state index contributed by atoms with van der Waals surface area (Å²) in [4.78, 5) is 29.7. The van der Waals surface area contributed by atoms with Crippen molar-refractivity contribution in [3.63, 3.8) is 0 Å². The molecule has 1 aromatic heterocycles. The Hall–Kier alpha value is -2.67. The zero-order valence-electron chi connectivity index (χ0n) is 16.1. The smallest absolute Gasteiger partial charge is 0.291 e. The first-order valence-electron chi connectivity index (χ1n) is 9.26. The van der Waals surface area contributed by atoms with E-state index in [1.807, 2.05) is 36.6 Å². The number of hydrogen-bond acceptors (Lipinski definition) is 4. The van der Waals surface area contributed by atoms with Crippen LogP contribution in [-0.2, 0) is 17.7 Å². The van der Waals surface area contributed by atoms with Crippen molar-refractivity contribution in [1.82, 2.24) is 14.9 Å². The second-order valence-electron chi connectivity index (χ2n) is 6.84. The molecular weight excluding hydrogens is 344 g/mol. The lowest BCUT2D eigenvalue weighted by molar-refractivity contribution is 0.0931. The van der Waals surface area contributed by atoms with Crippen molar-refractivity contribution >= 4 is 17.5 Å². The molecule has 7 nitrogen and oxygen atoms in total. The van der Waals surface area contributed by atoms with Crippen LogP contribution in [-0.4, -0.2) is 41.6 Å². The van der Waals surface area contributed by atoms with Gasteiger partial charge in [0.2, 0.25) is 0 Å². The van der Waals surface area contributed by atoms with Crippen LogP contribution in [0.25, 0.3) is 0 Å². The Bertz CT molecular complexity index is 857. The van der Waals surface area contributed by atoms with Crippen molar-refractivity contribution in [3.05, 3.63) is 46.5 Å². The summed E-state index contributed by atoms with van der Waals surface area (Å²) in [7, 11) is 1.58. The van der Waals surface area contributed by atoms with Crippen LogP contribution in [0, 0.1) is 13.8 Å². The first-order chi connectivity index (χ1) is 13.0. The maximum absolute atomic E-state index is 12.8. The Balaban J connectivity index is 1.85. The van der Waals surface area contributed by atoms with Gasteiger partial charge in [0.1, 0.15) is 5.69 Å². The summed E-state index contributed by atoms with van der Waals surface area (Å²) < 4.78 is 6.84. The van der Waals surface area contributed by atoms with E-state index >= 15 is 0 Å². The summed E-state index contributed by atoms with van der Waals surface area (Å²) in [5, 5.41) is 5.70. The quantitative estimate of drug-likeness (QED) is 0.765. The molecule has 2 aromatic rings. The van der Waals surface area contributed by atoms with Crippen LogP contribution in [0.2, 0.25) is 0 Å². The number of fused-ring (bicyclic) bond motifs is 1. The molecule has 0 unspecified atom stereocenters. The zero-order chi connectivity index (χ0) is 19.4. The molecule has 144 valence electrons. The molecule has 2 N–H and O–H groups in total. The lowest BCUT2D eigenvalue weighted by Gasteiger charge is -2.17. The third kappa shape index (κ3) is 4.19. The average Bonchev–Trinajstić information content (AvgIpc) is 3.05. The van der Waals surface area contributed by atoms with Gasteiger partial charge in [-0.1, -0.05) is 6.07 Å². The van der Waals surface area contributed by atoms with Crippen molar-refractivity contribution in [1.29, 1.82) is 0 Å². The predicted octanol–water partition coefficient (Wildman–Crippen LogP) is 2.46. The number of nitrogens with zero attached hydrogens (tertiary/aromatic N) is 2. The number of carbonyl (C=O) groups is 2. The molecule has 0 saturated heterocycles. The van der Waals surface area contributed by atoms with E-state index in [-0.39, 0.29) is 11.8 Å². The summed E-state index contributed by atoms with van der Waals surface area (Å²) >= 11 is 0. The number of nitrogens with one attached hydrogen (secondary N) is 2. The van der Waals surface area contributed by atoms with Crippen LogP contribution >= 0.6 is 0 Å². The number of hydrogen-bond donors (Lipinski definition) is 2. The number of methoxy groups -OCH3 is 1. The molecule has 1 aliphatic rings. The molecule has 0 fully saturated rings. The number of aryl methyl sites for hydroxylation is 2. The van der Waals surface area contributed by atoms with Gasteiger partial charge < -0.3 is 19.9 Å². The third-order valence-electron chi connectivity index (χ3n) is 4.89. The molecular formula is C20H26N4O3. The van der Waals surface area contributed by atoms with E-state index in [1.165, 1.54) is 5.56 Å². The van der Waals surface area contributed by atoms with Crippen LogP contribution in [0.1, 0.15) is 50.8 Å². The molecule has 0 spiro atoms. The number of anilines is 1. The standard InChI is InChI=1S/C20H26N4O3/c1-13-7-8-15(12-14(13)2)22-20(26)18-23-17(19(25)21-9-11-27-3)16-6-4-5-10-24(16)18/h7-8,12H,4-6,9-11H2,1-3H3,(H,21,25)(H,22,26). The number of amides is 2. The molecule has 1 aliphatic heterocycles. The summed E-state index contributed by atoms with van der Waals surface area (Å²) in [6.45, 7) is 5.57. The SMILES string of the molecule is COCCNC(=O)c1nc(C(=O)Nc2ccc(C)c(C)c2)n2c1CCCC2. The number of rotatable bonds is 6. The van der Waals surface area contributed by atoms with Crippen LogP contribution in [0.5, 0.6) is 0 Å². The normalized spacial score (nSPS) is 13.1. The monoisotopic (exact) mass is 370 g/mol. The molecule has 3 rings (SSSR count). The minimum Gasteiger partial charge on any atom is -0.383 e. The first-order valence-corrected chi connectivity index (χ1v) is 9.26. The van der Waals surface area contributed by atoms with Crippen LogP contribution in [0.3, 0.4) is 0 Å². The van der Waals surface area contributed by atoms with Gasteiger partial charge in [-0.15, -0.1) is 0 Å². The lowest BCUT2D eigenvalue weighted by atomic mass is 10.1. The Morgan fingerprint density at radius 1 is 1.19 bits per heavy atom. The number of aromatic nitrogens is 2. The van der Waals surface area contributed by atoms with Crippen LogP contribution in [0.4, 0.5) is 5.69 Å². The van der Waals surface area contributed by atoms with Gasteiger partial charge >= 0.3 is 0 Å².